The van der Waals surface area contributed by atoms with Crippen LogP contribution in [0.1, 0.15) is 29.8 Å². The minimum Gasteiger partial charge on any atom is -0.350 e. The molecule has 7 heteroatoms. The van der Waals surface area contributed by atoms with Crippen molar-refractivity contribution in [2.24, 2.45) is 0 Å². The summed E-state index contributed by atoms with van der Waals surface area (Å²) in [4.78, 5) is 11.9. The predicted molar refractivity (Wildman–Crippen MR) is 91.0 cm³/mol. The minimum absolute atomic E-state index is 0.00464. The molecule has 24 heavy (non-hydrogen) atoms. The molecule has 0 radical (unpaired) electrons. The van der Waals surface area contributed by atoms with Crippen LogP contribution in [0, 0.1) is 11.3 Å². The summed E-state index contributed by atoms with van der Waals surface area (Å²) in [5.41, 5.74) is 1.04. The topological polar surface area (TPSA) is 99.1 Å². The predicted octanol–water partition coefficient (Wildman–Crippen LogP) is 2.50. The van der Waals surface area contributed by atoms with Gasteiger partial charge in [-0.1, -0.05) is 6.07 Å². The first-order chi connectivity index (χ1) is 11.3. The number of nitrogens with zero attached hydrogens (tertiary/aromatic N) is 1. The Kier molecular flexibility index (Phi) is 5.21. The van der Waals surface area contributed by atoms with E-state index in [-0.39, 0.29) is 16.8 Å². The number of nitrogens with one attached hydrogen (secondary N) is 2. The highest BCUT2D eigenvalue weighted by atomic mass is 32.2. The summed E-state index contributed by atoms with van der Waals surface area (Å²) >= 11 is 0. The third-order valence-corrected chi connectivity index (χ3v) is 4.49. The molecule has 0 heterocycles. The molecule has 2 aromatic rings. The highest BCUT2D eigenvalue weighted by Crippen LogP contribution is 2.17. The summed E-state index contributed by atoms with van der Waals surface area (Å²) in [5, 5.41) is 11.6. The molecule has 2 N–H and O–H groups in total. The van der Waals surface area contributed by atoms with Crippen molar-refractivity contribution in [3.63, 3.8) is 0 Å². The van der Waals surface area contributed by atoms with Gasteiger partial charge in [-0.25, -0.2) is 8.42 Å². The number of hydrogen-bond acceptors (Lipinski definition) is 4. The van der Waals surface area contributed by atoms with Crippen LogP contribution in [-0.2, 0) is 10.0 Å². The summed E-state index contributed by atoms with van der Waals surface area (Å²) in [6.07, 6.45) is 0. The third-order valence-electron chi connectivity index (χ3n) is 3.09. The summed E-state index contributed by atoms with van der Waals surface area (Å²) < 4.78 is 27.1. The molecular weight excluding hydrogens is 326 g/mol. The Morgan fingerprint density at radius 3 is 2.38 bits per heavy atom. The van der Waals surface area contributed by atoms with Crippen molar-refractivity contribution in [2.75, 3.05) is 4.72 Å². The molecule has 0 fully saturated rings. The number of rotatable bonds is 5. The second-order valence-corrected chi connectivity index (χ2v) is 7.13. The van der Waals surface area contributed by atoms with Crippen LogP contribution in [0.4, 0.5) is 5.69 Å². The number of anilines is 1. The SMILES string of the molecule is CC(C)NC(=O)c1ccc(S(=O)(=O)Nc2cccc(C#N)c2)cc1. The number of nitriles is 1. The van der Waals surface area contributed by atoms with Crippen LogP contribution in [0.3, 0.4) is 0 Å². The monoisotopic (exact) mass is 343 g/mol. The Balaban J connectivity index is 2.20. The number of carbonyl (C=O) groups is 1. The van der Waals surface area contributed by atoms with Crippen molar-refractivity contribution in [3.8, 4) is 6.07 Å². The summed E-state index contributed by atoms with van der Waals surface area (Å²) in [6.45, 7) is 3.69. The van der Waals surface area contributed by atoms with Crippen LogP contribution in [0.25, 0.3) is 0 Å². The van der Waals surface area contributed by atoms with Gasteiger partial charge in [0.1, 0.15) is 0 Å². The molecule has 1 amide bonds. The Bertz CT molecular complexity index is 882. The Labute approximate surface area is 141 Å². The van der Waals surface area contributed by atoms with Gasteiger partial charge in [0, 0.05) is 11.6 Å². The molecule has 124 valence electrons. The lowest BCUT2D eigenvalue weighted by molar-refractivity contribution is 0.0943. The molecule has 2 aromatic carbocycles. The van der Waals surface area contributed by atoms with Gasteiger partial charge in [0.15, 0.2) is 0 Å². The molecule has 0 saturated carbocycles. The number of hydrogen-bond donors (Lipinski definition) is 2. The van der Waals surface area contributed by atoms with Crippen molar-refractivity contribution in [1.29, 1.82) is 5.26 Å². The first kappa shape index (κ1) is 17.5. The van der Waals surface area contributed by atoms with Crippen molar-refractivity contribution < 1.29 is 13.2 Å². The largest absolute Gasteiger partial charge is 0.350 e. The normalized spacial score (nSPS) is 10.9. The van der Waals surface area contributed by atoms with E-state index in [2.05, 4.69) is 10.0 Å². The second-order valence-electron chi connectivity index (χ2n) is 5.45. The fourth-order valence-electron chi connectivity index (χ4n) is 2.00. The fraction of sp³-hybridized carbons (Fsp3) is 0.176. The van der Waals surface area contributed by atoms with Crippen LogP contribution in [0.2, 0.25) is 0 Å². The number of benzene rings is 2. The van der Waals surface area contributed by atoms with Crippen molar-refractivity contribution in [2.45, 2.75) is 24.8 Å². The lowest BCUT2D eigenvalue weighted by Gasteiger charge is -2.10. The maximum Gasteiger partial charge on any atom is 0.261 e. The van der Waals surface area contributed by atoms with E-state index in [1.54, 1.807) is 18.2 Å². The van der Waals surface area contributed by atoms with E-state index in [0.29, 0.717) is 16.8 Å². The van der Waals surface area contributed by atoms with E-state index in [4.69, 9.17) is 5.26 Å². The molecule has 0 unspecified atom stereocenters. The lowest BCUT2D eigenvalue weighted by atomic mass is 10.2. The third kappa shape index (κ3) is 4.33. The van der Waals surface area contributed by atoms with E-state index in [1.807, 2.05) is 19.9 Å². The number of sulfonamides is 1. The quantitative estimate of drug-likeness (QED) is 0.871. The van der Waals surface area contributed by atoms with Crippen molar-refractivity contribution >= 4 is 21.6 Å². The van der Waals surface area contributed by atoms with Gasteiger partial charge in [-0.05, 0) is 56.3 Å². The van der Waals surface area contributed by atoms with E-state index < -0.39 is 10.0 Å². The van der Waals surface area contributed by atoms with Crippen LogP contribution >= 0.6 is 0 Å². The van der Waals surface area contributed by atoms with Crippen LogP contribution in [0.15, 0.2) is 53.4 Å². The standard InChI is InChI=1S/C17H17N3O3S/c1-12(2)19-17(21)14-6-8-16(9-7-14)24(22,23)20-15-5-3-4-13(10-15)11-18/h3-10,12,20H,1-2H3,(H,19,21). The first-order valence-electron chi connectivity index (χ1n) is 7.26. The minimum atomic E-state index is -3.79. The van der Waals surface area contributed by atoms with Gasteiger partial charge in [-0.2, -0.15) is 5.26 Å². The molecule has 0 bridgehead atoms. The summed E-state index contributed by atoms with van der Waals surface area (Å²) in [6, 6.07) is 13.8. The van der Waals surface area contributed by atoms with E-state index in [0.717, 1.165) is 0 Å². The van der Waals surface area contributed by atoms with Gasteiger partial charge >= 0.3 is 0 Å². The molecular formula is C17H17N3O3S. The molecule has 0 aliphatic rings. The zero-order valence-electron chi connectivity index (χ0n) is 13.3. The van der Waals surface area contributed by atoms with Crippen molar-refractivity contribution in [1.82, 2.24) is 5.32 Å². The molecule has 6 nitrogen and oxygen atoms in total. The number of amides is 1. The highest BCUT2D eigenvalue weighted by Gasteiger charge is 2.15. The van der Waals surface area contributed by atoms with Gasteiger partial charge < -0.3 is 5.32 Å². The maximum absolute atomic E-state index is 12.4. The average Bonchev–Trinajstić information content (AvgIpc) is 2.54. The zero-order valence-corrected chi connectivity index (χ0v) is 14.1. The molecule has 0 aliphatic carbocycles. The Morgan fingerprint density at radius 1 is 1.12 bits per heavy atom. The van der Waals surface area contributed by atoms with Gasteiger partial charge in [0.05, 0.1) is 22.2 Å². The summed E-state index contributed by atoms with van der Waals surface area (Å²) in [7, 11) is -3.79. The second kappa shape index (κ2) is 7.15. The van der Waals surface area contributed by atoms with Crippen LogP contribution < -0.4 is 10.0 Å². The molecule has 0 aromatic heterocycles. The zero-order chi connectivity index (χ0) is 17.7. The average molecular weight is 343 g/mol. The van der Waals surface area contributed by atoms with Gasteiger partial charge in [-0.15, -0.1) is 0 Å². The van der Waals surface area contributed by atoms with Gasteiger partial charge in [-0.3, -0.25) is 9.52 Å². The highest BCUT2D eigenvalue weighted by molar-refractivity contribution is 7.92. The molecule has 0 atom stereocenters. The number of carbonyl (C=O) groups excluding carboxylic acids is 1. The molecule has 0 saturated heterocycles. The summed E-state index contributed by atoms with van der Waals surface area (Å²) in [5.74, 6) is -0.261. The van der Waals surface area contributed by atoms with E-state index in [1.165, 1.54) is 30.3 Å². The molecule has 0 aliphatic heterocycles. The van der Waals surface area contributed by atoms with Crippen LogP contribution in [0.5, 0.6) is 0 Å². The first-order valence-corrected chi connectivity index (χ1v) is 8.74. The smallest absolute Gasteiger partial charge is 0.261 e. The maximum atomic E-state index is 12.4. The fourth-order valence-corrected chi connectivity index (χ4v) is 3.05. The molecule has 2 rings (SSSR count). The Hall–Kier alpha value is -2.85. The van der Waals surface area contributed by atoms with Gasteiger partial charge in [0.25, 0.3) is 15.9 Å². The lowest BCUT2D eigenvalue weighted by Crippen LogP contribution is -2.30. The molecule has 0 spiro atoms. The van der Waals surface area contributed by atoms with E-state index in [9.17, 15) is 13.2 Å². The van der Waals surface area contributed by atoms with Crippen molar-refractivity contribution in [3.05, 3.63) is 59.7 Å². The van der Waals surface area contributed by atoms with Gasteiger partial charge in [0.2, 0.25) is 0 Å². The van der Waals surface area contributed by atoms with Crippen LogP contribution in [-0.4, -0.2) is 20.4 Å². The Morgan fingerprint density at radius 2 is 1.79 bits per heavy atom. The van der Waals surface area contributed by atoms with E-state index >= 15 is 0 Å².